The normalized spacial score (nSPS) is 41.3. The second-order valence-corrected chi connectivity index (χ2v) is 6.92. The fraction of sp³-hybridized carbons (Fsp3) is 1.00. The monoisotopic (exact) mass is 253 g/mol. The minimum absolute atomic E-state index is 0.782. The molecule has 0 amide bonds. The number of hydrogen-bond donors (Lipinski definition) is 1. The largest absolute Gasteiger partial charge is 0.316 e. The molecular weight excluding hydrogens is 222 g/mol. The number of hydrogen-bond acceptors (Lipinski definition) is 3. The Kier molecular flexibility index (Phi) is 5.05. The van der Waals surface area contributed by atoms with Gasteiger partial charge in [-0.25, -0.2) is 0 Å². The first-order valence-electron chi connectivity index (χ1n) is 7.69. The smallest absolute Gasteiger partial charge is 0.0145 e. The lowest BCUT2D eigenvalue weighted by Gasteiger charge is -2.44. The molecule has 3 heteroatoms. The molecule has 0 aromatic rings. The Morgan fingerprint density at radius 1 is 0.944 bits per heavy atom. The number of rotatable bonds is 1. The van der Waals surface area contributed by atoms with Gasteiger partial charge in [-0.1, -0.05) is 20.8 Å². The number of piperidine rings is 1. The van der Waals surface area contributed by atoms with E-state index in [0.29, 0.717) is 0 Å². The summed E-state index contributed by atoms with van der Waals surface area (Å²) in [6, 6.07) is 0.809. The van der Waals surface area contributed by atoms with Crippen LogP contribution in [-0.4, -0.2) is 62.2 Å². The van der Waals surface area contributed by atoms with Gasteiger partial charge in [0.2, 0.25) is 0 Å². The summed E-state index contributed by atoms with van der Waals surface area (Å²) in [5.74, 6) is 2.38. The summed E-state index contributed by atoms with van der Waals surface area (Å²) >= 11 is 0. The lowest BCUT2D eigenvalue weighted by Crippen LogP contribution is -2.53. The molecule has 2 heterocycles. The molecule has 106 valence electrons. The molecule has 0 aromatic carbocycles. The predicted molar refractivity (Wildman–Crippen MR) is 77.8 cm³/mol. The molecule has 0 spiro atoms. The van der Waals surface area contributed by atoms with Crippen LogP contribution in [0.25, 0.3) is 0 Å². The van der Waals surface area contributed by atoms with E-state index >= 15 is 0 Å². The molecule has 0 saturated carbocycles. The van der Waals surface area contributed by atoms with E-state index in [-0.39, 0.29) is 0 Å². The molecule has 2 fully saturated rings. The van der Waals surface area contributed by atoms with E-state index in [1.165, 1.54) is 45.7 Å². The Morgan fingerprint density at radius 3 is 2.11 bits per heavy atom. The van der Waals surface area contributed by atoms with Gasteiger partial charge in [-0.2, -0.15) is 0 Å². The van der Waals surface area contributed by atoms with Crippen molar-refractivity contribution in [2.45, 2.75) is 33.2 Å². The fourth-order valence-corrected chi connectivity index (χ4v) is 3.74. The lowest BCUT2D eigenvalue weighted by atomic mass is 9.90. The van der Waals surface area contributed by atoms with Gasteiger partial charge in [-0.15, -0.1) is 0 Å². The van der Waals surface area contributed by atoms with Crippen molar-refractivity contribution in [3.8, 4) is 0 Å². The van der Waals surface area contributed by atoms with Crippen molar-refractivity contribution >= 4 is 0 Å². The Balaban J connectivity index is 1.99. The number of likely N-dealkylation sites (tertiary alicyclic amines) is 1. The molecular formula is C15H31N3. The molecule has 2 rings (SSSR count). The van der Waals surface area contributed by atoms with E-state index in [2.05, 4.69) is 42.9 Å². The summed E-state index contributed by atoms with van der Waals surface area (Å²) < 4.78 is 0. The molecule has 0 radical (unpaired) electrons. The van der Waals surface area contributed by atoms with Gasteiger partial charge >= 0.3 is 0 Å². The van der Waals surface area contributed by atoms with Crippen molar-refractivity contribution in [1.82, 2.24) is 15.1 Å². The second-order valence-electron chi connectivity index (χ2n) is 6.92. The maximum absolute atomic E-state index is 3.59. The highest BCUT2D eigenvalue weighted by molar-refractivity contribution is 4.86. The highest BCUT2D eigenvalue weighted by atomic mass is 15.2. The third-order valence-electron chi connectivity index (χ3n) is 4.61. The van der Waals surface area contributed by atoms with Gasteiger partial charge in [-0.05, 0) is 50.9 Å². The van der Waals surface area contributed by atoms with Crippen LogP contribution in [0.1, 0.15) is 27.2 Å². The maximum atomic E-state index is 3.59. The minimum Gasteiger partial charge on any atom is -0.316 e. The molecule has 0 bridgehead atoms. The van der Waals surface area contributed by atoms with E-state index in [0.717, 1.165) is 23.8 Å². The minimum atomic E-state index is 0.782. The Bertz CT molecular complexity index is 244. The Morgan fingerprint density at radius 2 is 1.56 bits per heavy atom. The van der Waals surface area contributed by atoms with Crippen molar-refractivity contribution in [1.29, 1.82) is 0 Å². The molecule has 18 heavy (non-hydrogen) atoms. The zero-order chi connectivity index (χ0) is 13.1. The van der Waals surface area contributed by atoms with Crippen molar-refractivity contribution in [3.63, 3.8) is 0 Å². The highest BCUT2D eigenvalue weighted by Crippen LogP contribution is 2.23. The summed E-state index contributed by atoms with van der Waals surface area (Å²) in [5.41, 5.74) is 0. The summed E-state index contributed by atoms with van der Waals surface area (Å²) in [6.07, 6.45) is 1.35. The van der Waals surface area contributed by atoms with Crippen molar-refractivity contribution < 1.29 is 0 Å². The summed E-state index contributed by atoms with van der Waals surface area (Å²) in [6.45, 7) is 14.7. The SMILES string of the molecule is CC1CNCC(C)CN(C2CCN(C)CC2C)C1. The van der Waals surface area contributed by atoms with Crippen molar-refractivity contribution in [2.75, 3.05) is 46.3 Å². The molecule has 0 aromatic heterocycles. The summed E-state index contributed by atoms with van der Waals surface area (Å²) in [5, 5.41) is 3.59. The number of nitrogens with one attached hydrogen (secondary N) is 1. The lowest BCUT2D eigenvalue weighted by molar-refractivity contribution is 0.0497. The Hall–Kier alpha value is -0.120. The standard InChI is InChI=1S/C15H31N3/c1-12-7-16-8-13(2)10-18(9-12)15-5-6-17(4)11-14(15)3/h12-16H,5-11H2,1-4H3. The molecule has 1 N–H and O–H groups in total. The van der Waals surface area contributed by atoms with Crippen LogP contribution in [0.2, 0.25) is 0 Å². The molecule has 4 atom stereocenters. The summed E-state index contributed by atoms with van der Waals surface area (Å²) in [7, 11) is 2.26. The third-order valence-corrected chi connectivity index (χ3v) is 4.61. The maximum Gasteiger partial charge on any atom is 0.0145 e. The average Bonchev–Trinajstić information content (AvgIpc) is 2.26. The molecule has 4 unspecified atom stereocenters. The quantitative estimate of drug-likeness (QED) is 0.764. The first kappa shape index (κ1) is 14.3. The second kappa shape index (κ2) is 6.36. The molecule has 2 saturated heterocycles. The molecule has 3 nitrogen and oxygen atoms in total. The van der Waals surface area contributed by atoms with E-state index < -0.39 is 0 Å². The van der Waals surface area contributed by atoms with Gasteiger partial charge in [0.05, 0.1) is 0 Å². The van der Waals surface area contributed by atoms with Crippen LogP contribution in [0.4, 0.5) is 0 Å². The predicted octanol–water partition coefficient (Wildman–Crippen LogP) is 1.50. The van der Waals surface area contributed by atoms with Crippen molar-refractivity contribution in [3.05, 3.63) is 0 Å². The van der Waals surface area contributed by atoms with Crippen molar-refractivity contribution in [2.24, 2.45) is 17.8 Å². The summed E-state index contributed by atoms with van der Waals surface area (Å²) in [4.78, 5) is 5.29. The molecule has 2 aliphatic rings. The molecule has 0 aliphatic carbocycles. The van der Waals surface area contributed by atoms with Gasteiger partial charge in [0.15, 0.2) is 0 Å². The van der Waals surface area contributed by atoms with E-state index in [4.69, 9.17) is 0 Å². The van der Waals surface area contributed by atoms with Gasteiger partial charge in [0.1, 0.15) is 0 Å². The van der Waals surface area contributed by atoms with Crippen LogP contribution in [0, 0.1) is 17.8 Å². The average molecular weight is 253 g/mol. The van der Waals surface area contributed by atoms with Crippen LogP contribution in [0.15, 0.2) is 0 Å². The van der Waals surface area contributed by atoms with E-state index in [1.54, 1.807) is 0 Å². The van der Waals surface area contributed by atoms with Gasteiger partial charge in [0.25, 0.3) is 0 Å². The zero-order valence-corrected chi connectivity index (χ0v) is 12.7. The van der Waals surface area contributed by atoms with E-state index in [9.17, 15) is 0 Å². The first-order chi connectivity index (χ1) is 8.56. The van der Waals surface area contributed by atoms with Gasteiger partial charge in [0, 0.05) is 25.7 Å². The van der Waals surface area contributed by atoms with Crippen LogP contribution < -0.4 is 5.32 Å². The fourth-order valence-electron chi connectivity index (χ4n) is 3.74. The molecule has 2 aliphatic heterocycles. The van der Waals surface area contributed by atoms with Crippen LogP contribution in [0.5, 0.6) is 0 Å². The first-order valence-corrected chi connectivity index (χ1v) is 7.69. The van der Waals surface area contributed by atoms with Crippen LogP contribution in [0.3, 0.4) is 0 Å². The highest BCUT2D eigenvalue weighted by Gasteiger charge is 2.31. The third kappa shape index (κ3) is 3.69. The zero-order valence-electron chi connectivity index (χ0n) is 12.7. The van der Waals surface area contributed by atoms with Gasteiger partial charge in [-0.3, -0.25) is 4.90 Å². The Labute approximate surface area is 113 Å². The number of nitrogens with zero attached hydrogens (tertiary/aromatic N) is 2. The topological polar surface area (TPSA) is 18.5 Å². The van der Waals surface area contributed by atoms with E-state index in [1.807, 2.05) is 0 Å². The van der Waals surface area contributed by atoms with Crippen LogP contribution in [-0.2, 0) is 0 Å². The van der Waals surface area contributed by atoms with Crippen LogP contribution >= 0.6 is 0 Å². The van der Waals surface area contributed by atoms with Gasteiger partial charge < -0.3 is 10.2 Å².